The van der Waals surface area contributed by atoms with Gasteiger partial charge in [0.25, 0.3) is 0 Å². The second-order valence-electron chi connectivity index (χ2n) is 10.1. The van der Waals surface area contributed by atoms with Gasteiger partial charge in [-0.15, -0.1) is 0 Å². The number of aryl methyl sites for hydroxylation is 1. The molecule has 0 fully saturated rings. The molecule has 0 radical (unpaired) electrons. The van der Waals surface area contributed by atoms with E-state index in [1.807, 2.05) is 40.7 Å². The topological polar surface area (TPSA) is 86.8 Å². The van der Waals surface area contributed by atoms with Gasteiger partial charge in [-0.1, -0.05) is 31.2 Å². The third-order valence-corrected chi connectivity index (χ3v) is 6.79. The Kier molecular flexibility index (Phi) is 10.0. The highest BCUT2D eigenvalue weighted by atomic mass is 32.2. The lowest BCUT2D eigenvalue weighted by molar-refractivity contribution is -0.142. The highest BCUT2D eigenvalue weighted by Gasteiger charge is 2.30. The van der Waals surface area contributed by atoms with E-state index in [1.54, 1.807) is 30.3 Å². The molecule has 0 saturated carbocycles. The molecule has 1 unspecified atom stereocenters. The van der Waals surface area contributed by atoms with E-state index < -0.39 is 21.6 Å². The quantitative estimate of drug-likeness (QED) is 0.477. The van der Waals surface area contributed by atoms with Crippen LogP contribution in [-0.2, 0) is 26.2 Å². The molecule has 0 aliphatic heterocycles. The minimum Gasteiger partial charge on any atom is -0.350 e. The molecule has 0 spiro atoms. The molecule has 2 aromatic carbocycles. The van der Waals surface area contributed by atoms with E-state index in [0.29, 0.717) is 17.7 Å². The number of carbonyl (C=O) groups excluding carboxylic acids is 2. The Balaban J connectivity index is 2.23. The zero-order chi connectivity index (χ0) is 27.1. The Morgan fingerprint density at radius 2 is 1.72 bits per heavy atom. The first-order valence-electron chi connectivity index (χ1n) is 12.1. The average molecular weight is 520 g/mol. The first-order valence-corrected chi connectivity index (χ1v) is 14.0. The molecule has 0 aromatic heterocycles. The molecule has 1 atom stereocenters. The van der Waals surface area contributed by atoms with E-state index in [0.717, 1.165) is 11.8 Å². The SMILES string of the molecule is CCC(C(=O)NC(C)(C)C)N(Cc1ccc(F)cc1)C(=O)CCCN(c1cccc(C)c1)S(C)(=O)=O. The molecule has 1 N–H and O–H groups in total. The summed E-state index contributed by atoms with van der Waals surface area (Å²) < 4.78 is 39.6. The van der Waals surface area contributed by atoms with E-state index in [9.17, 15) is 22.4 Å². The van der Waals surface area contributed by atoms with Crippen molar-refractivity contribution in [3.05, 3.63) is 65.5 Å². The molecule has 0 saturated heterocycles. The number of hydrogen-bond acceptors (Lipinski definition) is 4. The second-order valence-corrected chi connectivity index (χ2v) is 12.0. The van der Waals surface area contributed by atoms with Crippen molar-refractivity contribution in [1.82, 2.24) is 10.2 Å². The minimum absolute atomic E-state index is 0.0539. The molecular weight excluding hydrogens is 481 g/mol. The lowest BCUT2D eigenvalue weighted by Crippen LogP contribution is -2.53. The second kappa shape index (κ2) is 12.3. The monoisotopic (exact) mass is 519 g/mol. The van der Waals surface area contributed by atoms with E-state index in [1.165, 1.54) is 21.3 Å². The number of amides is 2. The average Bonchev–Trinajstić information content (AvgIpc) is 2.75. The van der Waals surface area contributed by atoms with Gasteiger partial charge in [0.2, 0.25) is 21.8 Å². The van der Waals surface area contributed by atoms with Gasteiger partial charge < -0.3 is 10.2 Å². The van der Waals surface area contributed by atoms with Crippen LogP contribution in [0.5, 0.6) is 0 Å². The third kappa shape index (κ3) is 8.93. The van der Waals surface area contributed by atoms with Crippen LogP contribution in [0, 0.1) is 12.7 Å². The summed E-state index contributed by atoms with van der Waals surface area (Å²) in [6, 6.07) is 12.3. The van der Waals surface area contributed by atoms with E-state index in [4.69, 9.17) is 0 Å². The first-order chi connectivity index (χ1) is 16.7. The number of nitrogens with zero attached hydrogens (tertiary/aromatic N) is 2. The van der Waals surface area contributed by atoms with Gasteiger partial charge in [0.05, 0.1) is 11.9 Å². The highest BCUT2D eigenvalue weighted by Crippen LogP contribution is 2.21. The fourth-order valence-electron chi connectivity index (χ4n) is 3.95. The number of carbonyl (C=O) groups is 2. The molecule has 2 rings (SSSR count). The molecule has 2 aromatic rings. The number of hydrogen-bond donors (Lipinski definition) is 1. The molecule has 0 aliphatic rings. The largest absolute Gasteiger partial charge is 0.350 e. The van der Waals surface area contributed by atoms with Crippen LogP contribution < -0.4 is 9.62 Å². The first kappa shape index (κ1) is 29.3. The fraction of sp³-hybridized carbons (Fsp3) is 0.481. The van der Waals surface area contributed by atoms with E-state index in [2.05, 4.69) is 5.32 Å². The summed E-state index contributed by atoms with van der Waals surface area (Å²) in [7, 11) is -3.55. The summed E-state index contributed by atoms with van der Waals surface area (Å²) in [5, 5.41) is 2.94. The van der Waals surface area contributed by atoms with Gasteiger partial charge in [0, 0.05) is 25.0 Å². The van der Waals surface area contributed by atoms with E-state index in [-0.39, 0.29) is 43.6 Å². The molecule has 198 valence electrons. The highest BCUT2D eigenvalue weighted by molar-refractivity contribution is 7.92. The molecule has 0 bridgehead atoms. The number of sulfonamides is 1. The smallest absolute Gasteiger partial charge is 0.243 e. The van der Waals surface area contributed by atoms with Crippen molar-refractivity contribution in [2.75, 3.05) is 17.1 Å². The standard InChI is InChI=1S/C27H38FN3O4S/c1-7-24(26(33)29-27(3,4)5)30(19-21-13-15-22(28)16-14-21)25(32)12-9-17-31(36(6,34)35)23-11-8-10-20(2)18-23/h8,10-11,13-16,18,24H,7,9,12,17,19H2,1-6H3,(H,29,33). The van der Waals surface area contributed by atoms with Crippen LogP contribution in [0.4, 0.5) is 10.1 Å². The van der Waals surface area contributed by atoms with Gasteiger partial charge in [-0.25, -0.2) is 12.8 Å². The third-order valence-electron chi connectivity index (χ3n) is 5.59. The summed E-state index contributed by atoms with van der Waals surface area (Å²) in [6.45, 7) is 9.60. The predicted octanol–water partition coefficient (Wildman–Crippen LogP) is 4.40. The van der Waals surface area contributed by atoms with Crippen LogP contribution in [0.15, 0.2) is 48.5 Å². The maximum Gasteiger partial charge on any atom is 0.243 e. The number of nitrogens with one attached hydrogen (secondary N) is 1. The summed E-state index contributed by atoms with van der Waals surface area (Å²) in [5.41, 5.74) is 1.70. The van der Waals surface area contributed by atoms with Crippen molar-refractivity contribution in [2.45, 2.75) is 72.0 Å². The molecule has 2 amide bonds. The van der Waals surface area contributed by atoms with Crippen molar-refractivity contribution in [3.63, 3.8) is 0 Å². The van der Waals surface area contributed by atoms with Crippen LogP contribution in [-0.4, -0.2) is 49.5 Å². The lowest BCUT2D eigenvalue weighted by atomic mass is 10.0. The summed E-state index contributed by atoms with van der Waals surface area (Å²) in [4.78, 5) is 28.0. The van der Waals surface area contributed by atoms with Gasteiger partial charge in [-0.05, 0) is 75.9 Å². The van der Waals surface area contributed by atoms with Crippen molar-refractivity contribution in [1.29, 1.82) is 0 Å². The van der Waals surface area contributed by atoms with Crippen molar-refractivity contribution < 1.29 is 22.4 Å². The molecule has 36 heavy (non-hydrogen) atoms. The predicted molar refractivity (Wildman–Crippen MR) is 142 cm³/mol. The number of benzene rings is 2. The van der Waals surface area contributed by atoms with Crippen LogP contribution in [0.2, 0.25) is 0 Å². The van der Waals surface area contributed by atoms with Gasteiger partial charge in [-0.2, -0.15) is 0 Å². The number of halogens is 1. The van der Waals surface area contributed by atoms with Gasteiger partial charge in [0.15, 0.2) is 0 Å². The van der Waals surface area contributed by atoms with E-state index >= 15 is 0 Å². The molecule has 9 heteroatoms. The molecule has 7 nitrogen and oxygen atoms in total. The maximum absolute atomic E-state index is 13.4. The van der Waals surface area contributed by atoms with Crippen LogP contribution in [0.3, 0.4) is 0 Å². The molecule has 0 heterocycles. The Morgan fingerprint density at radius 3 is 2.25 bits per heavy atom. The normalized spacial score (nSPS) is 12.6. The minimum atomic E-state index is -3.55. The Morgan fingerprint density at radius 1 is 1.08 bits per heavy atom. The molecule has 0 aliphatic carbocycles. The molecular formula is C27H38FN3O4S. The van der Waals surface area contributed by atoms with Crippen molar-refractivity contribution in [3.8, 4) is 0 Å². The van der Waals surface area contributed by atoms with Gasteiger partial charge in [0.1, 0.15) is 11.9 Å². The van der Waals surface area contributed by atoms with Crippen LogP contribution in [0.25, 0.3) is 0 Å². The maximum atomic E-state index is 13.4. The Bertz CT molecular complexity index is 1140. The number of rotatable bonds is 11. The van der Waals surface area contributed by atoms with Gasteiger partial charge >= 0.3 is 0 Å². The van der Waals surface area contributed by atoms with Crippen LogP contribution in [0.1, 0.15) is 58.1 Å². The zero-order valence-electron chi connectivity index (χ0n) is 22.0. The summed E-state index contributed by atoms with van der Waals surface area (Å²) in [6.07, 6.45) is 1.87. The van der Waals surface area contributed by atoms with Gasteiger partial charge in [-0.3, -0.25) is 13.9 Å². The number of anilines is 1. The zero-order valence-corrected chi connectivity index (χ0v) is 22.9. The summed E-state index contributed by atoms with van der Waals surface area (Å²) in [5.74, 6) is -0.919. The van der Waals surface area contributed by atoms with Crippen molar-refractivity contribution in [2.24, 2.45) is 0 Å². The fourth-order valence-corrected chi connectivity index (χ4v) is 4.90. The Hall–Kier alpha value is -2.94. The lowest BCUT2D eigenvalue weighted by Gasteiger charge is -2.33. The Labute approximate surface area is 214 Å². The summed E-state index contributed by atoms with van der Waals surface area (Å²) >= 11 is 0. The van der Waals surface area contributed by atoms with Crippen molar-refractivity contribution >= 4 is 27.5 Å². The van der Waals surface area contributed by atoms with Crippen LogP contribution >= 0.6 is 0 Å².